The van der Waals surface area contributed by atoms with E-state index in [4.69, 9.17) is 9.47 Å². The average Bonchev–Trinajstić information content (AvgIpc) is 3.01. The van der Waals surface area contributed by atoms with Gasteiger partial charge in [0, 0.05) is 49.3 Å². The first-order chi connectivity index (χ1) is 20.8. The number of aromatic nitrogens is 2. The number of aryl methyl sites for hydroxylation is 2. The monoisotopic (exact) mass is 583 g/mol. The van der Waals surface area contributed by atoms with E-state index in [-0.39, 0.29) is 0 Å². The van der Waals surface area contributed by atoms with Gasteiger partial charge in [0.05, 0.1) is 13.2 Å². The standard InChI is InChI=1S/C38H66N2O2/c1-3-5-7-9-11-13-15-19-27-39-29-23-25-37(33-39)35-41-31-21-17-18-22-32-42-36-38-26-24-30-40(34-38)28-20-16-14-12-10-8-6-4-2/h23-26,29-30,33-34H,3-22,27-28,31-32,35-36H2,1-2H3/q+2. The largest absolute Gasteiger partial charge is 0.377 e. The molecule has 0 unspecified atom stereocenters. The Labute approximate surface area is 260 Å². The van der Waals surface area contributed by atoms with E-state index in [1.807, 2.05) is 0 Å². The Bertz CT molecular complexity index is 800. The van der Waals surface area contributed by atoms with Crippen LogP contribution in [0, 0.1) is 0 Å². The van der Waals surface area contributed by atoms with E-state index in [1.54, 1.807) is 0 Å². The number of hydrogen-bond acceptors (Lipinski definition) is 2. The van der Waals surface area contributed by atoms with Crippen LogP contribution in [0.25, 0.3) is 0 Å². The number of unbranched alkanes of at least 4 members (excludes halogenated alkanes) is 17. The van der Waals surface area contributed by atoms with Gasteiger partial charge in [-0.2, -0.15) is 0 Å². The fraction of sp³-hybridized carbons (Fsp3) is 0.737. The Morgan fingerprint density at radius 2 is 0.810 bits per heavy atom. The lowest BCUT2D eigenvalue weighted by Gasteiger charge is -2.06. The van der Waals surface area contributed by atoms with Crippen molar-refractivity contribution in [3.8, 4) is 0 Å². The van der Waals surface area contributed by atoms with Gasteiger partial charge in [0.25, 0.3) is 0 Å². The fourth-order valence-electron chi connectivity index (χ4n) is 5.60. The first-order valence-corrected chi connectivity index (χ1v) is 17.9. The van der Waals surface area contributed by atoms with Gasteiger partial charge >= 0.3 is 0 Å². The summed E-state index contributed by atoms with van der Waals surface area (Å²) in [5, 5.41) is 0. The van der Waals surface area contributed by atoms with Crippen molar-refractivity contribution in [3.63, 3.8) is 0 Å². The predicted molar refractivity (Wildman–Crippen MR) is 176 cm³/mol. The van der Waals surface area contributed by atoms with Crippen LogP contribution in [0.1, 0.15) is 153 Å². The quantitative estimate of drug-likeness (QED) is 0.0705. The number of hydrogen-bond donors (Lipinski definition) is 0. The van der Waals surface area contributed by atoms with Gasteiger partial charge < -0.3 is 9.47 Å². The third kappa shape index (κ3) is 20.2. The second kappa shape index (κ2) is 26.8. The second-order valence-corrected chi connectivity index (χ2v) is 12.4. The van der Waals surface area contributed by atoms with E-state index in [0.29, 0.717) is 0 Å². The Morgan fingerprint density at radius 1 is 0.452 bits per heavy atom. The smallest absolute Gasteiger partial charge is 0.174 e. The summed E-state index contributed by atoms with van der Waals surface area (Å²) in [6.45, 7) is 9.94. The summed E-state index contributed by atoms with van der Waals surface area (Å²) in [5.41, 5.74) is 2.57. The zero-order chi connectivity index (χ0) is 29.8. The van der Waals surface area contributed by atoms with Gasteiger partial charge in [-0.25, -0.2) is 9.13 Å². The van der Waals surface area contributed by atoms with Crippen molar-refractivity contribution in [2.24, 2.45) is 0 Å². The molecule has 2 aromatic heterocycles. The Morgan fingerprint density at radius 3 is 1.21 bits per heavy atom. The molecule has 0 aliphatic rings. The molecule has 238 valence electrons. The van der Waals surface area contributed by atoms with Crippen LogP contribution in [-0.2, 0) is 35.8 Å². The number of ether oxygens (including phenoxy) is 2. The summed E-state index contributed by atoms with van der Waals surface area (Å²) >= 11 is 0. The van der Waals surface area contributed by atoms with Crippen LogP contribution in [0.3, 0.4) is 0 Å². The van der Waals surface area contributed by atoms with E-state index in [1.165, 1.54) is 127 Å². The predicted octanol–water partition coefficient (Wildman–Crippen LogP) is 9.84. The van der Waals surface area contributed by atoms with Gasteiger partial charge in [0.2, 0.25) is 0 Å². The van der Waals surface area contributed by atoms with Gasteiger partial charge in [-0.05, 0) is 37.8 Å². The molecule has 0 saturated heterocycles. The van der Waals surface area contributed by atoms with Crippen molar-refractivity contribution >= 4 is 0 Å². The van der Waals surface area contributed by atoms with E-state index in [0.717, 1.165) is 52.4 Å². The third-order valence-corrected chi connectivity index (χ3v) is 8.24. The highest BCUT2D eigenvalue weighted by atomic mass is 16.5. The molecule has 0 fully saturated rings. The number of pyridine rings is 2. The highest BCUT2D eigenvalue weighted by molar-refractivity contribution is 5.04. The molecule has 2 heterocycles. The minimum absolute atomic E-state index is 0.720. The molecule has 2 rings (SSSR count). The molecule has 4 heteroatoms. The molecule has 0 aliphatic carbocycles. The Balaban J connectivity index is 1.41. The molecule has 0 aromatic carbocycles. The van der Waals surface area contributed by atoms with E-state index < -0.39 is 0 Å². The SMILES string of the molecule is CCCCCCCCCC[n+]1cccc(COCCCCCCOCc2ccc[n+](CCCCCCCCCC)c2)c1. The third-order valence-electron chi connectivity index (χ3n) is 8.24. The Kier molecular flexibility index (Phi) is 23.2. The maximum absolute atomic E-state index is 5.98. The molecule has 0 N–H and O–H groups in total. The van der Waals surface area contributed by atoms with Gasteiger partial charge in [-0.1, -0.05) is 104 Å². The number of nitrogens with zero attached hydrogens (tertiary/aromatic N) is 2. The van der Waals surface area contributed by atoms with Gasteiger partial charge in [0.1, 0.15) is 13.1 Å². The second-order valence-electron chi connectivity index (χ2n) is 12.4. The molecule has 0 spiro atoms. The van der Waals surface area contributed by atoms with Crippen molar-refractivity contribution in [1.29, 1.82) is 0 Å². The lowest BCUT2D eigenvalue weighted by molar-refractivity contribution is -0.698. The van der Waals surface area contributed by atoms with Crippen molar-refractivity contribution in [2.75, 3.05) is 13.2 Å². The van der Waals surface area contributed by atoms with Crippen LogP contribution in [0.5, 0.6) is 0 Å². The lowest BCUT2D eigenvalue weighted by Crippen LogP contribution is -2.33. The molecular formula is C38H66N2O2+2. The topological polar surface area (TPSA) is 26.2 Å². The van der Waals surface area contributed by atoms with E-state index in [9.17, 15) is 0 Å². The highest BCUT2D eigenvalue weighted by Gasteiger charge is 2.05. The molecule has 0 bridgehead atoms. The van der Waals surface area contributed by atoms with Crippen LogP contribution in [0.2, 0.25) is 0 Å². The highest BCUT2D eigenvalue weighted by Crippen LogP contribution is 2.10. The molecular weight excluding hydrogens is 516 g/mol. The molecule has 42 heavy (non-hydrogen) atoms. The van der Waals surface area contributed by atoms with Gasteiger partial charge in [-0.3, -0.25) is 0 Å². The maximum atomic E-state index is 5.98. The summed E-state index contributed by atoms with van der Waals surface area (Å²) in [6.07, 6.45) is 35.5. The summed E-state index contributed by atoms with van der Waals surface area (Å²) < 4.78 is 16.6. The van der Waals surface area contributed by atoms with E-state index >= 15 is 0 Å². The molecule has 2 aromatic rings. The van der Waals surface area contributed by atoms with Crippen molar-refractivity contribution < 1.29 is 18.6 Å². The minimum atomic E-state index is 0.720. The van der Waals surface area contributed by atoms with Crippen LogP contribution in [0.15, 0.2) is 49.1 Å². The lowest BCUT2D eigenvalue weighted by atomic mass is 10.1. The van der Waals surface area contributed by atoms with Crippen LogP contribution < -0.4 is 9.13 Å². The zero-order valence-corrected chi connectivity index (χ0v) is 27.7. The van der Waals surface area contributed by atoms with Crippen LogP contribution in [-0.4, -0.2) is 13.2 Å². The first kappa shape index (κ1) is 36.4. The summed E-state index contributed by atoms with van der Waals surface area (Å²) in [4.78, 5) is 0. The maximum Gasteiger partial charge on any atom is 0.174 e. The van der Waals surface area contributed by atoms with Crippen molar-refractivity contribution in [3.05, 3.63) is 60.2 Å². The minimum Gasteiger partial charge on any atom is -0.377 e. The number of rotatable bonds is 29. The molecule has 4 nitrogen and oxygen atoms in total. The molecule has 0 radical (unpaired) electrons. The summed E-state index contributed by atoms with van der Waals surface area (Å²) in [7, 11) is 0. The van der Waals surface area contributed by atoms with Gasteiger partial charge in [0.15, 0.2) is 24.8 Å². The summed E-state index contributed by atoms with van der Waals surface area (Å²) in [6, 6.07) is 8.70. The zero-order valence-electron chi connectivity index (χ0n) is 27.7. The average molecular weight is 583 g/mol. The van der Waals surface area contributed by atoms with E-state index in [2.05, 4.69) is 72.0 Å². The summed E-state index contributed by atoms with van der Waals surface area (Å²) in [5.74, 6) is 0. The first-order valence-electron chi connectivity index (χ1n) is 17.9. The Hall–Kier alpha value is -1.78. The molecule has 0 amide bonds. The molecule has 0 saturated carbocycles. The van der Waals surface area contributed by atoms with Crippen LogP contribution in [0.4, 0.5) is 0 Å². The molecule has 0 aliphatic heterocycles. The van der Waals surface area contributed by atoms with Crippen LogP contribution >= 0.6 is 0 Å². The molecule has 0 atom stereocenters. The fourth-order valence-corrected chi connectivity index (χ4v) is 5.60. The van der Waals surface area contributed by atoms with Crippen molar-refractivity contribution in [2.45, 2.75) is 169 Å². The van der Waals surface area contributed by atoms with Gasteiger partial charge in [-0.15, -0.1) is 0 Å². The normalized spacial score (nSPS) is 11.4. The van der Waals surface area contributed by atoms with Crippen molar-refractivity contribution in [1.82, 2.24) is 0 Å².